The Morgan fingerprint density at radius 3 is 2.82 bits per heavy atom. The lowest BCUT2D eigenvalue weighted by Crippen LogP contribution is -2.43. The van der Waals surface area contributed by atoms with Crippen molar-refractivity contribution in [1.29, 1.82) is 0 Å². The SMILES string of the molecule is CC(C)N1CC[C@@H](c2cccc(Cl)c2)OC1=O. The molecule has 1 aliphatic rings. The summed E-state index contributed by atoms with van der Waals surface area (Å²) in [6.07, 6.45) is 0.400. The molecule has 0 aliphatic carbocycles. The highest BCUT2D eigenvalue weighted by atomic mass is 35.5. The highest BCUT2D eigenvalue weighted by Gasteiger charge is 2.29. The van der Waals surface area contributed by atoms with Crippen LogP contribution in [0.3, 0.4) is 0 Å². The van der Waals surface area contributed by atoms with E-state index in [1.807, 2.05) is 38.1 Å². The van der Waals surface area contributed by atoms with Gasteiger partial charge in [-0.25, -0.2) is 4.79 Å². The standard InChI is InChI=1S/C13H16ClNO2/c1-9(2)15-7-6-12(17-13(15)16)10-4-3-5-11(14)8-10/h3-5,8-9,12H,6-7H2,1-2H3/t12-/m0/s1. The molecule has 1 aliphatic heterocycles. The van der Waals surface area contributed by atoms with Crippen LogP contribution in [0.2, 0.25) is 5.02 Å². The van der Waals surface area contributed by atoms with Crippen LogP contribution in [0.15, 0.2) is 24.3 Å². The molecule has 1 atom stereocenters. The third-order valence-electron chi connectivity index (χ3n) is 2.95. The molecule has 1 heterocycles. The number of carbonyl (C=O) groups excluding carboxylic acids is 1. The Morgan fingerprint density at radius 1 is 1.47 bits per heavy atom. The summed E-state index contributed by atoms with van der Waals surface area (Å²) in [4.78, 5) is 13.5. The molecule has 1 amide bonds. The van der Waals surface area contributed by atoms with E-state index in [1.54, 1.807) is 4.90 Å². The van der Waals surface area contributed by atoms with Gasteiger partial charge < -0.3 is 9.64 Å². The van der Waals surface area contributed by atoms with Crippen LogP contribution in [-0.4, -0.2) is 23.6 Å². The van der Waals surface area contributed by atoms with Crippen LogP contribution in [0.1, 0.15) is 31.9 Å². The van der Waals surface area contributed by atoms with Gasteiger partial charge in [0.25, 0.3) is 0 Å². The van der Waals surface area contributed by atoms with E-state index in [4.69, 9.17) is 16.3 Å². The quantitative estimate of drug-likeness (QED) is 0.806. The minimum absolute atomic E-state index is 0.170. The first-order valence-electron chi connectivity index (χ1n) is 5.80. The Hall–Kier alpha value is -1.22. The summed E-state index contributed by atoms with van der Waals surface area (Å²) in [7, 11) is 0. The van der Waals surface area contributed by atoms with E-state index in [9.17, 15) is 4.79 Å². The van der Waals surface area contributed by atoms with E-state index in [1.165, 1.54) is 0 Å². The molecule has 1 aromatic carbocycles. The van der Waals surface area contributed by atoms with Gasteiger partial charge in [0.05, 0.1) is 0 Å². The van der Waals surface area contributed by atoms with Crippen LogP contribution in [0, 0.1) is 0 Å². The molecular formula is C13H16ClNO2. The van der Waals surface area contributed by atoms with E-state index in [-0.39, 0.29) is 18.2 Å². The van der Waals surface area contributed by atoms with E-state index < -0.39 is 0 Å². The fourth-order valence-corrected chi connectivity index (χ4v) is 2.21. The number of halogens is 1. The van der Waals surface area contributed by atoms with Crippen LogP contribution in [0.25, 0.3) is 0 Å². The summed E-state index contributed by atoms with van der Waals surface area (Å²) < 4.78 is 5.43. The number of benzene rings is 1. The van der Waals surface area contributed by atoms with Gasteiger partial charge >= 0.3 is 6.09 Å². The molecule has 0 N–H and O–H groups in total. The first-order valence-corrected chi connectivity index (χ1v) is 6.18. The van der Waals surface area contributed by atoms with Gasteiger partial charge in [-0.15, -0.1) is 0 Å². The summed E-state index contributed by atoms with van der Waals surface area (Å²) >= 11 is 5.93. The maximum atomic E-state index is 11.8. The molecule has 1 saturated heterocycles. The lowest BCUT2D eigenvalue weighted by molar-refractivity contribution is 0.0150. The maximum Gasteiger partial charge on any atom is 0.410 e. The lowest BCUT2D eigenvalue weighted by Gasteiger charge is -2.34. The van der Waals surface area contributed by atoms with Crippen LogP contribution < -0.4 is 0 Å². The molecule has 17 heavy (non-hydrogen) atoms. The van der Waals surface area contributed by atoms with E-state index >= 15 is 0 Å². The third kappa shape index (κ3) is 2.72. The molecule has 1 aromatic rings. The van der Waals surface area contributed by atoms with Crippen molar-refractivity contribution >= 4 is 17.7 Å². The zero-order valence-corrected chi connectivity index (χ0v) is 10.8. The molecule has 2 rings (SSSR count). The van der Waals surface area contributed by atoms with Crippen molar-refractivity contribution < 1.29 is 9.53 Å². The number of carbonyl (C=O) groups is 1. The summed E-state index contributed by atoms with van der Waals surface area (Å²) in [6, 6.07) is 7.67. The molecule has 0 aromatic heterocycles. The Bertz CT molecular complexity index is 420. The monoisotopic (exact) mass is 253 g/mol. The molecule has 1 fully saturated rings. The van der Waals surface area contributed by atoms with Crippen molar-refractivity contribution in [1.82, 2.24) is 4.90 Å². The highest BCUT2D eigenvalue weighted by molar-refractivity contribution is 6.30. The van der Waals surface area contributed by atoms with Gasteiger partial charge in [0.2, 0.25) is 0 Å². The molecule has 3 nitrogen and oxygen atoms in total. The number of hydrogen-bond acceptors (Lipinski definition) is 2. The van der Waals surface area contributed by atoms with Crippen LogP contribution in [0.4, 0.5) is 4.79 Å². The maximum absolute atomic E-state index is 11.8. The Balaban J connectivity index is 2.09. The van der Waals surface area contributed by atoms with Crippen molar-refractivity contribution in [3.8, 4) is 0 Å². The minimum Gasteiger partial charge on any atom is -0.441 e. The normalized spacial score (nSPS) is 20.6. The molecule has 0 unspecified atom stereocenters. The predicted molar refractivity (Wildman–Crippen MR) is 67.1 cm³/mol. The van der Waals surface area contributed by atoms with Crippen LogP contribution in [-0.2, 0) is 4.74 Å². The van der Waals surface area contributed by atoms with Gasteiger partial charge in [0.1, 0.15) is 6.10 Å². The number of ether oxygens (including phenoxy) is 1. The first kappa shape index (κ1) is 12.2. The number of nitrogens with zero attached hydrogens (tertiary/aromatic N) is 1. The largest absolute Gasteiger partial charge is 0.441 e. The first-order chi connectivity index (χ1) is 8.08. The average Bonchev–Trinajstić information content (AvgIpc) is 2.28. The zero-order chi connectivity index (χ0) is 12.4. The van der Waals surface area contributed by atoms with Crippen molar-refractivity contribution in [2.45, 2.75) is 32.4 Å². The van der Waals surface area contributed by atoms with Gasteiger partial charge in [-0.1, -0.05) is 23.7 Å². The van der Waals surface area contributed by atoms with Gasteiger partial charge in [0, 0.05) is 24.0 Å². The number of amides is 1. The van der Waals surface area contributed by atoms with Crippen molar-refractivity contribution in [2.75, 3.05) is 6.54 Å². The van der Waals surface area contributed by atoms with E-state index in [0.717, 1.165) is 18.5 Å². The molecule has 4 heteroatoms. The molecule has 0 spiro atoms. The molecule has 0 bridgehead atoms. The number of cyclic esters (lactones) is 1. The fraction of sp³-hybridized carbons (Fsp3) is 0.462. The van der Waals surface area contributed by atoms with Crippen LogP contribution >= 0.6 is 11.6 Å². The third-order valence-corrected chi connectivity index (χ3v) is 3.19. The highest BCUT2D eigenvalue weighted by Crippen LogP contribution is 2.28. The molecular weight excluding hydrogens is 238 g/mol. The Labute approximate surface area is 106 Å². The van der Waals surface area contributed by atoms with Gasteiger partial charge in [-0.05, 0) is 31.5 Å². The van der Waals surface area contributed by atoms with Gasteiger partial charge in [0.15, 0.2) is 0 Å². The number of rotatable bonds is 2. The summed E-state index contributed by atoms with van der Waals surface area (Å²) in [5.74, 6) is 0. The predicted octanol–water partition coefficient (Wildman–Crippen LogP) is 3.63. The van der Waals surface area contributed by atoms with Gasteiger partial charge in [-0.2, -0.15) is 0 Å². The number of hydrogen-bond donors (Lipinski definition) is 0. The van der Waals surface area contributed by atoms with E-state index in [0.29, 0.717) is 5.02 Å². The van der Waals surface area contributed by atoms with Crippen LogP contribution in [0.5, 0.6) is 0 Å². The van der Waals surface area contributed by atoms with Gasteiger partial charge in [-0.3, -0.25) is 0 Å². The smallest absolute Gasteiger partial charge is 0.410 e. The minimum atomic E-state index is -0.240. The Kier molecular flexibility index (Phi) is 3.57. The summed E-state index contributed by atoms with van der Waals surface area (Å²) in [5, 5.41) is 0.671. The van der Waals surface area contributed by atoms with E-state index in [2.05, 4.69) is 0 Å². The summed E-state index contributed by atoms with van der Waals surface area (Å²) in [5.41, 5.74) is 0.967. The van der Waals surface area contributed by atoms with Crippen molar-refractivity contribution in [3.05, 3.63) is 34.9 Å². The second-order valence-electron chi connectivity index (χ2n) is 4.50. The average molecular weight is 254 g/mol. The second kappa shape index (κ2) is 4.96. The fourth-order valence-electron chi connectivity index (χ4n) is 2.01. The summed E-state index contributed by atoms with van der Waals surface area (Å²) in [6.45, 7) is 4.70. The second-order valence-corrected chi connectivity index (χ2v) is 4.94. The van der Waals surface area contributed by atoms with Crippen molar-refractivity contribution in [3.63, 3.8) is 0 Å². The van der Waals surface area contributed by atoms with Crippen molar-refractivity contribution in [2.24, 2.45) is 0 Å². The molecule has 0 radical (unpaired) electrons. The lowest BCUT2D eigenvalue weighted by atomic mass is 10.0. The molecule has 0 saturated carbocycles. The Morgan fingerprint density at radius 2 is 2.24 bits per heavy atom. The molecule has 92 valence electrons. The zero-order valence-electron chi connectivity index (χ0n) is 10.0. The topological polar surface area (TPSA) is 29.5 Å².